The van der Waals surface area contributed by atoms with E-state index in [0.717, 1.165) is 23.3 Å². The first kappa shape index (κ1) is 18.1. The Bertz CT molecular complexity index is 703. The molecule has 0 saturated carbocycles. The van der Waals surface area contributed by atoms with Crippen LogP contribution in [0.4, 0.5) is 0 Å². The van der Waals surface area contributed by atoms with Crippen molar-refractivity contribution < 1.29 is 14.3 Å². The minimum absolute atomic E-state index is 0.0496. The summed E-state index contributed by atoms with van der Waals surface area (Å²) >= 11 is 5.90. The van der Waals surface area contributed by atoms with E-state index in [2.05, 4.69) is 5.32 Å². The number of rotatable bonds is 7. The molecule has 1 atom stereocenters. The van der Waals surface area contributed by atoms with Crippen LogP contribution in [-0.2, 0) is 4.79 Å². The van der Waals surface area contributed by atoms with Crippen LogP contribution in [0, 0.1) is 6.92 Å². The Morgan fingerprint density at radius 2 is 2.04 bits per heavy atom. The van der Waals surface area contributed by atoms with Gasteiger partial charge in [0.25, 0.3) is 5.91 Å². The molecule has 0 radical (unpaired) electrons. The fourth-order valence-electron chi connectivity index (χ4n) is 2.48. The number of aryl methyl sites for hydroxylation is 1. The Labute approximate surface area is 147 Å². The van der Waals surface area contributed by atoms with Crippen molar-refractivity contribution in [3.8, 4) is 11.5 Å². The van der Waals surface area contributed by atoms with Gasteiger partial charge in [0.1, 0.15) is 11.5 Å². The molecule has 0 aromatic heterocycles. The standard InChI is InChI=1S/C19H22ClNO3/c1-4-17(14-8-9-18(23-3)13(2)10-14)21-19(22)12-24-16-7-5-6-15(20)11-16/h5-11,17H,4,12H2,1-3H3,(H,21,22)/t17-/m1/s1. The first-order valence-electron chi connectivity index (χ1n) is 7.85. The van der Waals surface area contributed by atoms with Crippen LogP contribution in [0.5, 0.6) is 11.5 Å². The molecular weight excluding hydrogens is 326 g/mol. The number of amides is 1. The predicted octanol–water partition coefficient (Wildman–Crippen LogP) is 4.30. The molecule has 0 unspecified atom stereocenters. The Morgan fingerprint density at radius 1 is 1.25 bits per heavy atom. The molecule has 0 aliphatic carbocycles. The Kier molecular flexibility index (Phi) is 6.50. The highest BCUT2D eigenvalue weighted by atomic mass is 35.5. The van der Waals surface area contributed by atoms with Crippen molar-refractivity contribution in [2.75, 3.05) is 13.7 Å². The van der Waals surface area contributed by atoms with Crippen LogP contribution >= 0.6 is 11.6 Å². The molecule has 4 nitrogen and oxygen atoms in total. The van der Waals surface area contributed by atoms with Gasteiger partial charge >= 0.3 is 0 Å². The largest absolute Gasteiger partial charge is 0.496 e. The number of ether oxygens (including phenoxy) is 2. The summed E-state index contributed by atoms with van der Waals surface area (Å²) in [6.45, 7) is 3.97. The van der Waals surface area contributed by atoms with Crippen LogP contribution in [0.15, 0.2) is 42.5 Å². The van der Waals surface area contributed by atoms with Crippen molar-refractivity contribution in [2.45, 2.75) is 26.3 Å². The second-order valence-corrected chi connectivity index (χ2v) is 5.94. The normalized spacial score (nSPS) is 11.7. The summed E-state index contributed by atoms with van der Waals surface area (Å²) in [6.07, 6.45) is 0.786. The quantitative estimate of drug-likeness (QED) is 0.812. The molecule has 1 amide bonds. The van der Waals surface area contributed by atoms with E-state index < -0.39 is 0 Å². The number of hydrogen-bond acceptors (Lipinski definition) is 3. The summed E-state index contributed by atoms with van der Waals surface area (Å²) < 4.78 is 10.7. The molecule has 128 valence electrons. The molecule has 1 N–H and O–H groups in total. The highest BCUT2D eigenvalue weighted by molar-refractivity contribution is 6.30. The fraction of sp³-hybridized carbons (Fsp3) is 0.316. The zero-order valence-corrected chi connectivity index (χ0v) is 14.9. The summed E-state index contributed by atoms with van der Waals surface area (Å²) in [5.74, 6) is 1.24. The maximum Gasteiger partial charge on any atom is 0.258 e. The van der Waals surface area contributed by atoms with Gasteiger partial charge in [0.2, 0.25) is 0 Å². The number of nitrogens with one attached hydrogen (secondary N) is 1. The molecule has 0 fully saturated rings. The first-order valence-corrected chi connectivity index (χ1v) is 8.23. The summed E-state index contributed by atoms with van der Waals surface area (Å²) in [5.41, 5.74) is 2.09. The lowest BCUT2D eigenvalue weighted by molar-refractivity contribution is -0.123. The third-order valence-corrected chi connectivity index (χ3v) is 3.97. The van der Waals surface area contributed by atoms with Crippen molar-refractivity contribution in [2.24, 2.45) is 0 Å². The van der Waals surface area contributed by atoms with Gasteiger partial charge in [-0.2, -0.15) is 0 Å². The molecule has 0 bridgehead atoms. The van der Waals surface area contributed by atoms with Gasteiger partial charge in [-0.15, -0.1) is 0 Å². The molecular formula is C19H22ClNO3. The minimum atomic E-state index is -0.171. The number of carbonyl (C=O) groups is 1. The van der Waals surface area contributed by atoms with E-state index in [0.29, 0.717) is 10.8 Å². The maximum absolute atomic E-state index is 12.2. The van der Waals surface area contributed by atoms with E-state index in [1.54, 1.807) is 31.4 Å². The van der Waals surface area contributed by atoms with Crippen LogP contribution in [0.25, 0.3) is 0 Å². The monoisotopic (exact) mass is 347 g/mol. The second-order valence-electron chi connectivity index (χ2n) is 5.50. The van der Waals surface area contributed by atoms with Gasteiger partial charge in [0.05, 0.1) is 13.2 Å². The van der Waals surface area contributed by atoms with E-state index in [1.165, 1.54) is 0 Å². The highest BCUT2D eigenvalue weighted by Gasteiger charge is 2.14. The molecule has 2 aromatic carbocycles. The predicted molar refractivity (Wildman–Crippen MR) is 95.9 cm³/mol. The summed E-state index contributed by atoms with van der Waals surface area (Å²) in [5, 5.41) is 3.57. The minimum Gasteiger partial charge on any atom is -0.496 e. The fourth-order valence-corrected chi connectivity index (χ4v) is 2.66. The van der Waals surface area contributed by atoms with E-state index in [4.69, 9.17) is 21.1 Å². The average molecular weight is 348 g/mol. The molecule has 0 heterocycles. The van der Waals surface area contributed by atoms with Crippen LogP contribution < -0.4 is 14.8 Å². The van der Waals surface area contributed by atoms with Crippen LogP contribution in [0.2, 0.25) is 5.02 Å². The van der Waals surface area contributed by atoms with Crippen LogP contribution in [0.1, 0.15) is 30.5 Å². The van der Waals surface area contributed by atoms with E-state index in [-0.39, 0.29) is 18.6 Å². The molecule has 5 heteroatoms. The lowest BCUT2D eigenvalue weighted by atomic mass is 10.0. The molecule has 2 rings (SSSR count). The van der Waals surface area contributed by atoms with Gasteiger partial charge in [0.15, 0.2) is 6.61 Å². The van der Waals surface area contributed by atoms with Gasteiger partial charge in [-0.25, -0.2) is 0 Å². The Morgan fingerprint density at radius 3 is 2.67 bits per heavy atom. The Balaban J connectivity index is 1.96. The zero-order chi connectivity index (χ0) is 17.5. The van der Waals surface area contributed by atoms with Gasteiger partial charge in [-0.3, -0.25) is 4.79 Å². The van der Waals surface area contributed by atoms with Crippen molar-refractivity contribution in [1.29, 1.82) is 0 Å². The average Bonchev–Trinajstić information content (AvgIpc) is 2.58. The Hall–Kier alpha value is -2.20. The third kappa shape index (κ3) is 4.90. The van der Waals surface area contributed by atoms with E-state index in [9.17, 15) is 4.79 Å². The number of hydrogen-bond donors (Lipinski definition) is 1. The SMILES string of the molecule is CC[C@@H](NC(=O)COc1cccc(Cl)c1)c1ccc(OC)c(C)c1. The number of carbonyl (C=O) groups excluding carboxylic acids is 1. The van der Waals surface area contributed by atoms with E-state index in [1.807, 2.05) is 32.0 Å². The zero-order valence-electron chi connectivity index (χ0n) is 14.1. The van der Waals surface area contributed by atoms with Gasteiger partial charge in [-0.1, -0.05) is 36.7 Å². The highest BCUT2D eigenvalue weighted by Crippen LogP contribution is 2.24. The van der Waals surface area contributed by atoms with E-state index >= 15 is 0 Å². The smallest absolute Gasteiger partial charge is 0.258 e. The van der Waals surface area contributed by atoms with Crippen LogP contribution in [-0.4, -0.2) is 19.6 Å². The van der Waals surface area contributed by atoms with Gasteiger partial charge < -0.3 is 14.8 Å². The topological polar surface area (TPSA) is 47.6 Å². The van der Waals surface area contributed by atoms with Gasteiger partial charge in [0, 0.05) is 5.02 Å². The van der Waals surface area contributed by atoms with Crippen molar-refractivity contribution >= 4 is 17.5 Å². The summed E-state index contributed by atoms with van der Waals surface area (Å²) in [7, 11) is 1.65. The molecule has 0 spiro atoms. The molecule has 0 aliphatic rings. The molecule has 24 heavy (non-hydrogen) atoms. The summed E-state index contributed by atoms with van der Waals surface area (Å²) in [4.78, 5) is 12.2. The third-order valence-electron chi connectivity index (χ3n) is 3.73. The number of halogens is 1. The van der Waals surface area contributed by atoms with Crippen LogP contribution in [0.3, 0.4) is 0 Å². The van der Waals surface area contributed by atoms with Crippen molar-refractivity contribution in [3.63, 3.8) is 0 Å². The second kappa shape index (κ2) is 8.60. The summed E-state index contributed by atoms with van der Waals surface area (Å²) in [6, 6.07) is 12.8. The van der Waals surface area contributed by atoms with Gasteiger partial charge in [-0.05, 0) is 48.7 Å². The molecule has 0 aliphatic heterocycles. The lowest BCUT2D eigenvalue weighted by Gasteiger charge is -2.19. The first-order chi connectivity index (χ1) is 11.5. The van der Waals surface area contributed by atoms with Crippen molar-refractivity contribution in [3.05, 3.63) is 58.6 Å². The lowest BCUT2D eigenvalue weighted by Crippen LogP contribution is -2.32. The number of methoxy groups -OCH3 is 1. The maximum atomic E-state index is 12.2. The van der Waals surface area contributed by atoms with Crippen molar-refractivity contribution in [1.82, 2.24) is 5.32 Å². The molecule has 2 aromatic rings. The number of benzene rings is 2. The molecule has 0 saturated heterocycles.